The first-order valence-corrected chi connectivity index (χ1v) is 9.68. The Morgan fingerprint density at radius 2 is 1.24 bits per heavy atom. The van der Waals surface area contributed by atoms with E-state index in [0.29, 0.717) is 52.8 Å². The van der Waals surface area contributed by atoms with Crippen LogP contribution in [0.5, 0.6) is 0 Å². The predicted molar refractivity (Wildman–Crippen MR) is 93.3 cm³/mol. The minimum atomic E-state index is 0.182. The molecular weight excluding hydrogens is 322 g/mol. The molecular formula is C18H31N3O4. The zero-order chi connectivity index (χ0) is 17.4. The normalized spacial score (nSPS) is 32.7. The van der Waals surface area contributed by atoms with Gasteiger partial charge in [-0.25, -0.2) is 0 Å². The van der Waals surface area contributed by atoms with Crippen LogP contribution in [-0.4, -0.2) is 58.4 Å². The molecule has 4 aliphatic rings. The molecule has 0 aromatic heterocycles. The molecule has 25 heavy (non-hydrogen) atoms. The van der Waals surface area contributed by atoms with Crippen molar-refractivity contribution >= 4 is 0 Å². The molecule has 0 amide bonds. The molecule has 0 radical (unpaired) electrons. The quantitative estimate of drug-likeness (QED) is 0.220. The van der Waals surface area contributed by atoms with E-state index in [2.05, 4.69) is 10.0 Å². The van der Waals surface area contributed by atoms with Gasteiger partial charge in [-0.3, -0.25) is 0 Å². The van der Waals surface area contributed by atoms with Crippen molar-refractivity contribution < 1.29 is 18.9 Å². The lowest BCUT2D eigenvalue weighted by molar-refractivity contribution is -0.169. The SMILES string of the molecule is [N-]=[N+]=NCCOCCOCCOCCOC12CC3CC(CC(C3)C1)C2. The van der Waals surface area contributed by atoms with Crippen LogP contribution in [0.3, 0.4) is 0 Å². The molecule has 4 rings (SSSR count). The Morgan fingerprint density at radius 1 is 0.760 bits per heavy atom. The summed E-state index contributed by atoms with van der Waals surface area (Å²) in [5.74, 6) is 2.78. The summed E-state index contributed by atoms with van der Waals surface area (Å²) in [6.07, 6.45) is 8.19. The Morgan fingerprint density at radius 3 is 1.76 bits per heavy atom. The van der Waals surface area contributed by atoms with E-state index in [1.54, 1.807) is 0 Å². The van der Waals surface area contributed by atoms with Crippen molar-refractivity contribution in [1.82, 2.24) is 0 Å². The maximum absolute atomic E-state index is 8.11. The van der Waals surface area contributed by atoms with Gasteiger partial charge in [-0.2, -0.15) is 0 Å². The summed E-state index contributed by atoms with van der Waals surface area (Å²) in [5.41, 5.74) is 8.30. The molecule has 0 aliphatic heterocycles. The maximum atomic E-state index is 8.11. The Bertz CT molecular complexity index is 418. The average molecular weight is 353 g/mol. The van der Waals surface area contributed by atoms with E-state index in [0.717, 1.165) is 17.8 Å². The zero-order valence-electron chi connectivity index (χ0n) is 15.1. The lowest BCUT2D eigenvalue weighted by Gasteiger charge is -2.56. The Balaban J connectivity index is 1.14. The highest BCUT2D eigenvalue weighted by Gasteiger charge is 2.51. The van der Waals surface area contributed by atoms with Gasteiger partial charge in [-0.15, -0.1) is 0 Å². The van der Waals surface area contributed by atoms with Gasteiger partial charge in [0.15, 0.2) is 0 Å². The molecule has 4 fully saturated rings. The van der Waals surface area contributed by atoms with Gasteiger partial charge in [0.1, 0.15) is 0 Å². The number of rotatable bonds is 13. The van der Waals surface area contributed by atoms with Crippen LogP contribution in [0.2, 0.25) is 0 Å². The van der Waals surface area contributed by atoms with Gasteiger partial charge >= 0.3 is 0 Å². The van der Waals surface area contributed by atoms with Crippen molar-refractivity contribution in [3.8, 4) is 0 Å². The molecule has 7 nitrogen and oxygen atoms in total. The molecule has 7 heteroatoms. The van der Waals surface area contributed by atoms with Crippen LogP contribution in [0.15, 0.2) is 5.11 Å². The molecule has 4 aliphatic carbocycles. The highest BCUT2D eigenvalue weighted by atomic mass is 16.6. The molecule has 4 saturated carbocycles. The summed E-state index contributed by atoms with van der Waals surface area (Å²) < 4.78 is 22.6. The molecule has 0 spiro atoms. The first kappa shape index (κ1) is 18.9. The van der Waals surface area contributed by atoms with Gasteiger partial charge < -0.3 is 18.9 Å². The summed E-state index contributed by atoms with van der Waals surface area (Å²) in [7, 11) is 0. The number of hydrogen-bond acceptors (Lipinski definition) is 5. The summed E-state index contributed by atoms with van der Waals surface area (Å²) in [6, 6.07) is 0. The van der Waals surface area contributed by atoms with E-state index in [9.17, 15) is 0 Å². The van der Waals surface area contributed by atoms with E-state index in [1.165, 1.54) is 38.5 Å². The lowest BCUT2D eigenvalue weighted by Crippen LogP contribution is -2.52. The van der Waals surface area contributed by atoms with Crippen molar-refractivity contribution in [3.63, 3.8) is 0 Å². The van der Waals surface area contributed by atoms with Crippen molar-refractivity contribution in [3.05, 3.63) is 10.4 Å². The molecule has 142 valence electrons. The fraction of sp³-hybridized carbons (Fsp3) is 1.00. The average Bonchev–Trinajstić information content (AvgIpc) is 2.58. The Kier molecular flexibility index (Phi) is 7.37. The van der Waals surface area contributed by atoms with E-state index in [4.69, 9.17) is 24.5 Å². The maximum Gasteiger partial charge on any atom is 0.0708 e. The Hall–Kier alpha value is -0.850. The van der Waals surface area contributed by atoms with Crippen LogP contribution in [-0.2, 0) is 18.9 Å². The predicted octanol–water partition coefficient (Wildman–Crippen LogP) is 3.33. The van der Waals surface area contributed by atoms with Gasteiger partial charge in [0, 0.05) is 11.5 Å². The largest absolute Gasteiger partial charge is 0.379 e. The van der Waals surface area contributed by atoms with E-state index >= 15 is 0 Å². The topological polar surface area (TPSA) is 85.7 Å². The second kappa shape index (κ2) is 9.74. The van der Waals surface area contributed by atoms with E-state index < -0.39 is 0 Å². The fourth-order valence-corrected chi connectivity index (χ4v) is 5.22. The van der Waals surface area contributed by atoms with Gasteiger partial charge in [-0.1, -0.05) is 5.11 Å². The van der Waals surface area contributed by atoms with Gasteiger partial charge in [-0.05, 0) is 61.8 Å². The minimum Gasteiger partial charge on any atom is -0.379 e. The van der Waals surface area contributed by atoms with Gasteiger partial charge in [0.05, 0.1) is 51.8 Å². The van der Waals surface area contributed by atoms with Crippen LogP contribution in [0.4, 0.5) is 0 Å². The molecule has 4 bridgehead atoms. The summed E-state index contributed by atoms with van der Waals surface area (Å²) >= 11 is 0. The molecule has 0 unspecified atom stereocenters. The second-order valence-electron chi connectivity index (χ2n) is 7.74. The number of azide groups is 1. The van der Waals surface area contributed by atoms with Crippen molar-refractivity contribution in [2.45, 2.75) is 44.1 Å². The smallest absolute Gasteiger partial charge is 0.0708 e. The van der Waals surface area contributed by atoms with Gasteiger partial charge in [0.25, 0.3) is 0 Å². The van der Waals surface area contributed by atoms with Crippen molar-refractivity contribution in [2.24, 2.45) is 22.9 Å². The number of ether oxygens (including phenoxy) is 4. The number of nitrogens with zero attached hydrogens (tertiary/aromatic N) is 3. The number of hydrogen-bond donors (Lipinski definition) is 0. The van der Waals surface area contributed by atoms with E-state index in [1.807, 2.05) is 0 Å². The van der Waals surface area contributed by atoms with E-state index in [-0.39, 0.29) is 5.60 Å². The second-order valence-corrected chi connectivity index (χ2v) is 7.74. The van der Waals surface area contributed by atoms with Crippen LogP contribution < -0.4 is 0 Å². The highest BCUT2D eigenvalue weighted by Crippen LogP contribution is 2.57. The summed E-state index contributed by atoms with van der Waals surface area (Å²) in [4.78, 5) is 2.66. The molecule has 0 heterocycles. The summed E-state index contributed by atoms with van der Waals surface area (Å²) in [5, 5.41) is 3.39. The van der Waals surface area contributed by atoms with Crippen molar-refractivity contribution in [1.29, 1.82) is 0 Å². The van der Waals surface area contributed by atoms with Crippen LogP contribution in [0.25, 0.3) is 10.4 Å². The first-order valence-electron chi connectivity index (χ1n) is 9.68. The molecule has 0 aromatic carbocycles. The monoisotopic (exact) mass is 353 g/mol. The minimum absolute atomic E-state index is 0.182. The zero-order valence-corrected chi connectivity index (χ0v) is 15.1. The third kappa shape index (κ3) is 5.83. The molecule has 0 atom stereocenters. The highest BCUT2D eigenvalue weighted by molar-refractivity contribution is 5.03. The third-order valence-electron chi connectivity index (χ3n) is 5.76. The van der Waals surface area contributed by atoms with Crippen molar-refractivity contribution in [2.75, 3.05) is 52.8 Å². The summed E-state index contributed by atoms with van der Waals surface area (Å²) in [6.45, 7) is 4.34. The van der Waals surface area contributed by atoms with Gasteiger partial charge in [0.2, 0.25) is 0 Å². The third-order valence-corrected chi connectivity index (χ3v) is 5.76. The lowest BCUT2D eigenvalue weighted by atomic mass is 9.54. The Labute approximate surface area is 150 Å². The van der Waals surface area contributed by atoms with Crippen LogP contribution in [0, 0.1) is 17.8 Å². The standard InChI is InChI=1S/C18H31N3O4/c19-21-20-1-2-22-3-4-23-5-6-24-7-8-25-18-12-15-9-16(13-18)11-17(10-15)14-18/h15-17H,1-14H2. The first-order chi connectivity index (χ1) is 12.3. The molecule has 0 saturated heterocycles. The van der Waals surface area contributed by atoms with Crippen LogP contribution >= 0.6 is 0 Å². The molecule has 0 N–H and O–H groups in total. The van der Waals surface area contributed by atoms with Crippen LogP contribution in [0.1, 0.15) is 38.5 Å². The molecule has 0 aromatic rings. The fourth-order valence-electron chi connectivity index (χ4n) is 5.22.